The van der Waals surface area contributed by atoms with E-state index < -0.39 is 14.4 Å². The van der Waals surface area contributed by atoms with Gasteiger partial charge in [-0.15, -0.1) is 0 Å². The first-order valence-electron chi connectivity index (χ1n) is 7.43. The molecule has 0 aliphatic heterocycles. The number of carboxylic acid groups (broad SMARTS) is 1. The van der Waals surface area contributed by atoms with Gasteiger partial charge in [-0.05, 0) is 51.7 Å². The van der Waals surface area contributed by atoms with Crippen molar-refractivity contribution in [1.82, 2.24) is 4.90 Å². The predicted octanol–water partition coefficient (Wildman–Crippen LogP) is 4.57. The van der Waals surface area contributed by atoms with Crippen molar-refractivity contribution < 1.29 is 14.3 Å². The smallest absolute Gasteiger partial charge is 0.407 e. The maximum atomic E-state index is 11.2. The first kappa shape index (κ1) is 19.4. The van der Waals surface area contributed by atoms with Crippen molar-refractivity contribution in [3.63, 3.8) is 0 Å². The van der Waals surface area contributed by atoms with Crippen LogP contribution in [0.4, 0.5) is 4.79 Å². The summed E-state index contributed by atoms with van der Waals surface area (Å²) < 4.78 is 6.09. The van der Waals surface area contributed by atoms with Crippen LogP contribution in [0, 0.1) is 0 Å². The van der Waals surface area contributed by atoms with Gasteiger partial charge < -0.3 is 14.4 Å². The zero-order valence-electron chi connectivity index (χ0n) is 14.5. The molecule has 4 nitrogen and oxygen atoms in total. The van der Waals surface area contributed by atoms with Crippen molar-refractivity contribution in [3.8, 4) is 0 Å². The van der Waals surface area contributed by atoms with E-state index in [-0.39, 0.29) is 10.6 Å². The molecule has 1 amide bonds. The van der Waals surface area contributed by atoms with Crippen LogP contribution in [-0.4, -0.2) is 43.1 Å². The third-order valence-electron chi connectivity index (χ3n) is 4.09. The molecular formula is C15H33NO3Si. The maximum absolute atomic E-state index is 11.2. The molecule has 0 spiro atoms. The SMILES string of the molecule is CC(C)(C)N(CCCCO[Si](C)(C)C(C)(C)C)C(=O)O. The fraction of sp³-hybridized carbons (Fsp3) is 0.933. The lowest BCUT2D eigenvalue weighted by atomic mass is 10.1. The number of nitrogens with zero attached hydrogens (tertiary/aromatic N) is 1. The van der Waals surface area contributed by atoms with Crippen LogP contribution in [0.1, 0.15) is 54.4 Å². The molecule has 0 aromatic carbocycles. The molecule has 0 unspecified atom stereocenters. The van der Waals surface area contributed by atoms with Gasteiger partial charge in [-0.25, -0.2) is 4.79 Å². The number of carbonyl (C=O) groups is 1. The Bertz CT molecular complexity index is 316. The highest BCUT2D eigenvalue weighted by atomic mass is 28.4. The van der Waals surface area contributed by atoms with Gasteiger partial charge in [0.15, 0.2) is 8.32 Å². The fourth-order valence-corrected chi connectivity index (χ4v) is 2.72. The van der Waals surface area contributed by atoms with Crippen molar-refractivity contribution >= 4 is 14.4 Å². The zero-order chi connectivity index (χ0) is 16.2. The Morgan fingerprint density at radius 2 is 1.60 bits per heavy atom. The lowest BCUT2D eigenvalue weighted by Crippen LogP contribution is -2.45. The minimum absolute atomic E-state index is 0.228. The van der Waals surface area contributed by atoms with Crippen LogP contribution in [0.25, 0.3) is 0 Å². The second kappa shape index (κ2) is 6.94. The van der Waals surface area contributed by atoms with Crippen LogP contribution >= 0.6 is 0 Å². The summed E-state index contributed by atoms with van der Waals surface area (Å²) in [5, 5.41) is 9.43. The van der Waals surface area contributed by atoms with Crippen molar-refractivity contribution in [2.24, 2.45) is 0 Å². The van der Waals surface area contributed by atoms with E-state index in [4.69, 9.17) is 4.43 Å². The summed E-state index contributed by atoms with van der Waals surface area (Å²) >= 11 is 0. The Balaban J connectivity index is 4.13. The number of amides is 1. The minimum Gasteiger partial charge on any atom is -0.465 e. The second-order valence-electron chi connectivity index (χ2n) is 7.92. The molecule has 0 rings (SSSR count). The quantitative estimate of drug-likeness (QED) is 0.578. The molecule has 120 valence electrons. The van der Waals surface area contributed by atoms with Crippen LogP contribution in [-0.2, 0) is 4.43 Å². The standard InChI is InChI=1S/C15H33NO3Si/c1-14(2,3)16(13(17)18)11-9-10-12-19-20(7,8)15(4,5)6/h9-12H2,1-8H3,(H,17,18). The molecule has 0 saturated heterocycles. The van der Waals surface area contributed by atoms with Crippen LogP contribution in [0.5, 0.6) is 0 Å². The molecule has 0 aliphatic rings. The van der Waals surface area contributed by atoms with Gasteiger partial charge in [0.2, 0.25) is 0 Å². The van der Waals surface area contributed by atoms with Gasteiger partial charge in [0, 0.05) is 18.7 Å². The first-order valence-corrected chi connectivity index (χ1v) is 10.3. The lowest BCUT2D eigenvalue weighted by Gasteiger charge is -2.36. The molecule has 0 bridgehead atoms. The number of hydrogen-bond acceptors (Lipinski definition) is 2. The maximum Gasteiger partial charge on any atom is 0.407 e. The zero-order valence-corrected chi connectivity index (χ0v) is 15.5. The molecule has 5 heteroatoms. The lowest BCUT2D eigenvalue weighted by molar-refractivity contribution is 0.0978. The highest BCUT2D eigenvalue weighted by molar-refractivity contribution is 6.74. The second-order valence-corrected chi connectivity index (χ2v) is 12.7. The Morgan fingerprint density at radius 1 is 1.10 bits per heavy atom. The number of hydrogen-bond donors (Lipinski definition) is 1. The fourth-order valence-electron chi connectivity index (χ4n) is 1.63. The average molecular weight is 304 g/mol. The molecule has 0 saturated carbocycles. The third-order valence-corrected chi connectivity index (χ3v) is 8.62. The normalized spacial score (nSPS) is 13.4. The molecule has 20 heavy (non-hydrogen) atoms. The largest absolute Gasteiger partial charge is 0.465 e. The van der Waals surface area contributed by atoms with Crippen molar-refractivity contribution in [1.29, 1.82) is 0 Å². The first-order chi connectivity index (χ1) is 8.79. The Morgan fingerprint density at radius 3 is 1.95 bits per heavy atom. The summed E-state index contributed by atoms with van der Waals surface area (Å²) in [4.78, 5) is 12.7. The molecule has 0 aliphatic carbocycles. The van der Waals surface area contributed by atoms with Gasteiger partial charge in [-0.1, -0.05) is 20.8 Å². The summed E-state index contributed by atoms with van der Waals surface area (Å²) in [6, 6.07) is 0. The van der Waals surface area contributed by atoms with E-state index in [2.05, 4.69) is 33.9 Å². The third kappa shape index (κ3) is 6.26. The van der Waals surface area contributed by atoms with Gasteiger partial charge in [0.25, 0.3) is 0 Å². The van der Waals surface area contributed by atoms with Gasteiger partial charge in [-0.2, -0.15) is 0 Å². The van der Waals surface area contributed by atoms with Crippen molar-refractivity contribution in [2.45, 2.75) is 78.1 Å². The van der Waals surface area contributed by atoms with Crippen LogP contribution in [0.2, 0.25) is 18.1 Å². The summed E-state index contributed by atoms with van der Waals surface area (Å²) in [5.74, 6) is 0. The number of rotatable bonds is 6. The van der Waals surface area contributed by atoms with Crippen molar-refractivity contribution in [3.05, 3.63) is 0 Å². The van der Waals surface area contributed by atoms with Crippen LogP contribution in [0.15, 0.2) is 0 Å². The van der Waals surface area contributed by atoms with E-state index in [0.717, 1.165) is 19.4 Å². The van der Waals surface area contributed by atoms with E-state index in [9.17, 15) is 9.90 Å². The molecule has 1 N–H and O–H groups in total. The summed E-state index contributed by atoms with van der Waals surface area (Å²) in [7, 11) is -1.67. The predicted molar refractivity (Wildman–Crippen MR) is 86.9 cm³/mol. The Labute approximate surface area is 125 Å². The molecule has 0 fully saturated rings. The van der Waals surface area contributed by atoms with E-state index in [1.807, 2.05) is 20.8 Å². The monoisotopic (exact) mass is 303 g/mol. The Kier molecular flexibility index (Phi) is 6.75. The summed E-state index contributed by atoms with van der Waals surface area (Å²) in [6.45, 7) is 18.2. The van der Waals surface area contributed by atoms with Gasteiger partial charge in [-0.3, -0.25) is 0 Å². The molecular weight excluding hydrogens is 270 g/mol. The van der Waals surface area contributed by atoms with Crippen LogP contribution < -0.4 is 0 Å². The highest BCUT2D eigenvalue weighted by Gasteiger charge is 2.36. The summed E-state index contributed by atoms with van der Waals surface area (Å²) in [6.07, 6.45) is 0.910. The van der Waals surface area contributed by atoms with Gasteiger partial charge >= 0.3 is 6.09 Å². The molecule has 0 heterocycles. The molecule has 0 atom stereocenters. The van der Waals surface area contributed by atoms with E-state index in [1.165, 1.54) is 4.90 Å². The average Bonchev–Trinajstić information content (AvgIpc) is 2.18. The van der Waals surface area contributed by atoms with Crippen molar-refractivity contribution in [2.75, 3.05) is 13.2 Å². The Hall–Kier alpha value is -0.553. The van der Waals surface area contributed by atoms with E-state index in [0.29, 0.717) is 6.54 Å². The number of unbranched alkanes of at least 4 members (excludes halogenated alkanes) is 1. The van der Waals surface area contributed by atoms with E-state index >= 15 is 0 Å². The topological polar surface area (TPSA) is 49.8 Å². The van der Waals surface area contributed by atoms with E-state index in [1.54, 1.807) is 0 Å². The molecule has 0 radical (unpaired) electrons. The van der Waals surface area contributed by atoms with Gasteiger partial charge in [0.05, 0.1) is 0 Å². The molecule has 0 aromatic heterocycles. The summed E-state index contributed by atoms with van der Waals surface area (Å²) in [5.41, 5.74) is -0.341. The van der Waals surface area contributed by atoms with Gasteiger partial charge in [0.1, 0.15) is 0 Å². The minimum atomic E-state index is -1.67. The molecule has 0 aromatic rings. The van der Waals surface area contributed by atoms with Crippen LogP contribution in [0.3, 0.4) is 0 Å². The highest BCUT2D eigenvalue weighted by Crippen LogP contribution is 2.36.